The number of rotatable bonds is 7. The first-order valence-corrected chi connectivity index (χ1v) is 13.8. The highest BCUT2D eigenvalue weighted by atomic mass is 16.6. The Hall–Kier alpha value is -3.47. The maximum absolute atomic E-state index is 13.4. The third kappa shape index (κ3) is 5.31. The predicted molar refractivity (Wildman–Crippen MR) is 141 cm³/mol. The lowest BCUT2D eigenvalue weighted by atomic mass is 9.48. The summed E-state index contributed by atoms with van der Waals surface area (Å²) in [6, 6.07) is 8.35. The smallest absolute Gasteiger partial charge is 0.338 e. The molecule has 2 aliphatic carbocycles. The number of ether oxygens (including phenoxy) is 6. The Balaban J connectivity index is 1.99. The van der Waals surface area contributed by atoms with E-state index < -0.39 is 83.4 Å². The lowest BCUT2D eigenvalue weighted by Gasteiger charge is -2.62. The maximum atomic E-state index is 13.4. The van der Waals surface area contributed by atoms with Crippen LogP contribution in [-0.2, 0) is 47.6 Å². The molecule has 4 rings (SSSR count). The first-order chi connectivity index (χ1) is 19.1. The van der Waals surface area contributed by atoms with Gasteiger partial charge < -0.3 is 28.4 Å². The standard InChI is InChI=1S/C30H38O11/c1-16-13-23(37-18(3)32)25(38-19(4)33)29(15-36-17(2)31)26(39-20(5)34)24(22-14-30(16,29)41-28(22,6)7)40-27(35)21-11-9-8-10-12-21/h8-12,16,22-26H,13-15H2,1-7H3/t16-,22+,23+,24+,25+,26+,29+,30+/m1/s1. The molecular weight excluding hydrogens is 536 g/mol. The van der Waals surface area contributed by atoms with Crippen LogP contribution in [0.1, 0.15) is 71.7 Å². The monoisotopic (exact) mass is 574 g/mol. The van der Waals surface area contributed by atoms with Gasteiger partial charge in [0.2, 0.25) is 0 Å². The molecule has 2 bridgehead atoms. The highest BCUT2D eigenvalue weighted by Crippen LogP contribution is 2.67. The molecule has 1 saturated heterocycles. The fourth-order valence-electron chi connectivity index (χ4n) is 7.31. The molecule has 0 amide bonds. The number of fused-ring (bicyclic) bond motifs is 1. The van der Waals surface area contributed by atoms with Crippen LogP contribution in [0.15, 0.2) is 30.3 Å². The number of esters is 5. The second-order valence-corrected chi connectivity index (χ2v) is 11.8. The van der Waals surface area contributed by atoms with Gasteiger partial charge in [0.05, 0.1) is 16.8 Å². The molecule has 3 aliphatic rings. The fourth-order valence-corrected chi connectivity index (χ4v) is 7.31. The Labute approximate surface area is 239 Å². The van der Waals surface area contributed by atoms with Gasteiger partial charge in [-0.2, -0.15) is 0 Å². The second kappa shape index (κ2) is 11.1. The molecule has 224 valence electrons. The quantitative estimate of drug-likeness (QED) is 0.350. The van der Waals surface area contributed by atoms with E-state index in [1.54, 1.807) is 30.3 Å². The molecule has 11 nitrogen and oxygen atoms in total. The molecule has 2 saturated carbocycles. The van der Waals surface area contributed by atoms with E-state index in [2.05, 4.69) is 0 Å². The predicted octanol–water partition coefficient (Wildman–Crippen LogP) is 3.16. The minimum Gasteiger partial charge on any atom is -0.465 e. The zero-order chi connectivity index (χ0) is 30.3. The van der Waals surface area contributed by atoms with Crippen molar-refractivity contribution >= 4 is 29.8 Å². The van der Waals surface area contributed by atoms with Crippen LogP contribution in [0.5, 0.6) is 0 Å². The van der Waals surface area contributed by atoms with Gasteiger partial charge >= 0.3 is 29.8 Å². The molecule has 1 spiro atoms. The third-order valence-corrected chi connectivity index (χ3v) is 8.75. The van der Waals surface area contributed by atoms with Crippen molar-refractivity contribution in [2.75, 3.05) is 6.61 Å². The molecule has 8 atom stereocenters. The molecule has 1 aromatic carbocycles. The minimum atomic E-state index is -1.63. The molecule has 3 fully saturated rings. The minimum absolute atomic E-state index is 0.253. The summed E-state index contributed by atoms with van der Waals surface area (Å²) in [4.78, 5) is 63.3. The van der Waals surface area contributed by atoms with Crippen LogP contribution >= 0.6 is 0 Å². The highest BCUT2D eigenvalue weighted by Gasteiger charge is 2.81. The van der Waals surface area contributed by atoms with Crippen molar-refractivity contribution in [3.8, 4) is 0 Å². The number of carbonyl (C=O) groups excluding carboxylic acids is 5. The van der Waals surface area contributed by atoms with Gasteiger partial charge in [0.1, 0.15) is 24.2 Å². The molecular formula is C30H38O11. The topological polar surface area (TPSA) is 141 Å². The van der Waals surface area contributed by atoms with Crippen LogP contribution in [0.4, 0.5) is 0 Å². The van der Waals surface area contributed by atoms with Crippen molar-refractivity contribution in [3.63, 3.8) is 0 Å². The van der Waals surface area contributed by atoms with Gasteiger partial charge in [0.15, 0.2) is 12.2 Å². The van der Waals surface area contributed by atoms with Gasteiger partial charge in [-0.15, -0.1) is 0 Å². The van der Waals surface area contributed by atoms with Crippen LogP contribution < -0.4 is 0 Å². The molecule has 41 heavy (non-hydrogen) atoms. The average molecular weight is 575 g/mol. The molecule has 0 N–H and O–H groups in total. The zero-order valence-corrected chi connectivity index (χ0v) is 24.5. The summed E-state index contributed by atoms with van der Waals surface area (Å²) in [5.74, 6) is -4.13. The van der Waals surface area contributed by atoms with E-state index >= 15 is 0 Å². The summed E-state index contributed by atoms with van der Waals surface area (Å²) in [5, 5.41) is 0. The van der Waals surface area contributed by atoms with E-state index in [1.807, 2.05) is 20.8 Å². The highest BCUT2D eigenvalue weighted by molar-refractivity contribution is 5.89. The maximum Gasteiger partial charge on any atom is 0.338 e. The van der Waals surface area contributed by atoms with Crippen LogP contribution in [-0.4, -0.2) is 72.1 Å². The largest absolute Gasteiger partial charge is 0.465 e. The Morgan fingerprint density at radius 3 is 1.98 bits per heavy atom. The Morgan fingerprint density at radius 2 is 1.41 bits per heavy atom. The summed E-state index contributed by atoms with van der Waals surface area (Å²) in [6.45, 7) is 10.1. The van der Waals surface area contributed by atoms with Gasteiger partial charge in [-0.05, 0) is 44.7 Å². The van der Waals surface area contributed by atoms with Crippen molar-refractivity contribution in [2.45, 2.75) is 96.9 Å². The molecule has 0 unspecified atom stereocenters. The Kier molecular flexibility index (Phi) is 8.23. The lowest BCUT2D eigenvalue weighted by molar-refractivity contribution is -0.309. The van der Waals surface area contributed by atoms with Gasteiger partial charge in [0.25, 0.3) is 0 Å². The number of hydrogen-bond donors (Lipinski definition) is 0. The van der Waals surface area contributed by atoms with Crippen LogP contribution in [0, 0.1) is 17.3 Å². The molecule has 11 heteroatoms. The van der Waals surface area contributed by atoms with Crippen molar-refractivity contribution in [2.24, 2.45) is 17.3 Å². The third-order valence-electron chi connectivity index (χ3n) is 8.75. The van der Waals surface area contributed by atoms with E-state index in [1.165, 1.54) is 27.7 Å². The van der Waals surface area contributed by atoms with Gasteiger partial charge in [-0.1, -0.05) is 25.1 Å². The summed E-state index contributed by atoms with van der Waals surface area (Å²) in [5.41, 5.74) is -3.45. The summed E-state index contributed by atoms with van der Waals surface area (Å²) >= 11 is 0. The van der Waals surface area contributed by atoms with E-state index in [0.29, 0.717) is 6.42 Å². The van der Waals surface area contributed by atoms with Crippen LogP contribution in [0.2, 0.25) is 0 Å². The van der Waals surface area contributed by atoms with Gasteiger partial charge in [-0.3, -0.25) is 19.2 Å². The van der Waals surface area contributed by atoms with Crippen molar-refractivity contribution in [1.82, 2.24) is 0 Å². The van der Waals surface area contributed by atoms with Crippen molar-refractivity contribution in [3.05, 3.63) is 35.9 Å². The van der Waals surface area contributed by atoms with E-state index in [0.717, 1.165) is 0 Å². The second-order valence-electron chi connectivity index (χ2n) is 11.8. The first kappa shape index (κ1) is 30.5. The van der Waals surface area contributed by atoms with Crippen molar-refractivity contribution < 1.29 is 52.4 Å². The molecule has 1 aliphatic heterocycles. The number of benzene rings is 1. The summed E-state index contributed by atoms with van der Waals surface area (Å²) in [7, 11) is 0. The number of carbonyl (C=O) groups is 5. The average Bonchev–Trinajstić information content (AvgIpc) is 3.13. The van der Waals surface area contributed by atoms with Crippen molar-refractivity contribution in [1.29, 1.82) is 0 Å². The zero-order valence-electron chi connectivity index (χ0n) is 24.5. The fraction of sp³-hybridized carbons (Fsp3) is 0.633. The van der Waals surface area contributed by atoms with E-state index in [4.69, 9.17) is 28.4 Å². The summed E-state index contributed by atoms with van der Waals surface area (Å²) in [6.07, 6.45) is -4.13. The molecule has 1 heterocycles. The SMILES string of the molecule is CC(=O)OC[C@]12[C@@H](OC(C)=O)[C@@H](OC(=O)c3ccccc3)[C@@H]3C[C@]1(OC3(C)C)[C@H](C)C[C@H](OC(C)=O)[C@@H]2OC(C)=O. The first-order valence-electron chi connectivity index (χ1n) is 13.8. The van der Waals surface area contributed by atoms with Crippen LogP contribution in [0.3, 0.4) is 0 Å². The lowest BCUT2D eigenvalue weighted by Crippen LogP contribution is -2.77. The number of hydrogen-bond acceptors (Lipinski definition) is 11. The molecule has 0 aromatic heterocycles. The van der Waals surface area contributed by atoms with Gasteiger partial charge in [-0.25, -0.2) is 4.79 Å². The molecule has 0 radical (unpaired) electrons. The Morgan fingerprint density at radius 1 is 0.829 bits per heavy atom. The normalized spacial score (nSPS) is 34.9. The molecule has 1 aromatic rings. The summed E-state index contributed by atoms with van der Waals surface area (Å²) < 4.78 is 36.3. The van der Waals surface area contributed by atoms with Gasteiger partial charge in [0, 0.05) is 33.6 Å². The van der Waals surface area contributed by atoms with E-state index in [-0.39, 0.29) is 17.9 Å². The van der Waals surface area contributed by atoms with E-state index in [9.17, 15) is 24.0 Å². The Bertz CT molecular complexity index is 1210. The van der Waals surface area contributed by atoms with Crippen LogP contribution in [0.25, 0.3) is 0 Å².